The van der Waals surface area contributed by atoms with Crippen LogP contribution >= 0.6 is 22.9 Å². The quantitative estimate of drug-likeness (QED) is 0.764. The van der Waals surface area contributed by atoms with Gasteiger partial charge in [-0.2, -0.15) is 0 Å². The average molecular weight is 328 g/mol. The van der Waals surface area contributed by atoms with Crippen LogP contribution < -0.4 is 5.73 Å². The summed E-state index contributed by atoms with van der Waals surface area (Å²) in [6.07, 6.45) is 2.07. The molecule has 3 aromatic rings. The number of thiazole rings is 1. The van der Waals surface area contributed by atoms with E-state index in [1.165, 1.54) is 0 Å². The van der Waals surface area contributed by atoms with Crippen molar-refractivity contribution in [1.29, 1.82) is 0 Å². The minimum atomic E-state index is 0.674. The number of quaternary nitrogens is 1. The number of hydrogen-bond acceptors (Lipinski definition) is 2. The summed E-state index contributed by atoms with van der Waals surface area (Å²) in [7, 11) is 0. The van der Waals surface area contributed by atoms with Crippen molar-refractivity contribution in [2.24, 2.45) is 0 Å². The van der Waals surface area contributed by atoms with Gasteiger partial charge in [-0.05, 0) is 17.7 Å². The minimum Gasteiger partial charge on any atom is -0.354 e. The summed E-state index contributed by atoms with van der Waals surface area (Å²) in [6.45, 7) is 0.674. The van der Waals surface area contributed by atoms with Crippen molar-refractivity contribution >= 4 is 34.6 Å². The maximum Gasteiger partial charge on any atom is 0.125 e. The van der Waals surface area contributed by atoms with Crippen LogP contribution in [0.25, 0.3) is 22.9 Å². The molecule has 3 rings (SSSR count). The van der Waals surface area contributed by atoms with Gasteiger partial charge in [0.15, 0.2) is 0 Å². The summed E-state index contributed by atoms with van der Waals surface area (Å²) in [4.78, 5) is 4.74. The van der Waals surface area contributed by atoms with Crippen LogP contribution in [0.15, 0.2) is 60.0 Å². The number of nitrogens with zero attached hydrogens (tertiary/aromatic N) is 1. The first-order chi connectivity index (χ1) is 10.8. The highest BCUT2D eigenvalue weighted by atomic mass is 35.5. The van der Waals surface area contributed by atoms with E-state index in [9.17, 15) is 0 Å². The molecule has 2 nitrogen and oxygen atoms in total. The second-order valence-electron chi connectivity index (χ2n) is 4.85. The molecule has 0 radical (unpaired) electrons. The molecule has 0 amide bonds. The van der Waals surface area contributed by atoms with Crippen molar-refractivity contribution in [1.82, 2.24) is 4.98 Å². The predicted molar refractivity (Wildman–Crippen MR) is 94.6 cm³/mol. The van der Waals surface area contributed by atoms with E-state index >= 15 is 0 Å². The van der Waals surface area contributed by atoms with E-state index in [2.05, 4.69) is 29.3 Å². The first-order valence-corrected chi connectivity index (χ1v) is 8.29. The van der Waals surface area contributed by atoms with E-state index in [0.29, 0.717) is 6.54 Å². The van der Waals surface area contributed by atoms with Crippen molar-refractivity contribution in [3.8, 4) is 11.3 Å². The Morgan fingerprint density at radius 1 is 1.09 bits per heavy atom. The van der Waals surface area contributed by atoms with Crippen LogP contribution in [0.2, 0.25) is 5.02 Å². The molecule has 0 bridgehead atoms. The van der Waals surface area contributed by atoms with Crippen molar-refractivity contribution in [3.05, 3.63) is 75.6 Å². The Bertz CT molecular complexity index is 794. The van der Waals surface area contributed by atoms with Crippen LogP contribution in [0.4, 0.5) is 0 Å². The monoisotopic (exact) mass is 327 g/mol. The average Bonchev–Trinajstić information content (AvgIpc) is 3.05. The smallest absolute Gasteiger partial charge is 0.125 e. The molecule has 110 valence electrons. The predicted octanol–water partition coefficient (Wildman–Crippen LogP) is 4.25. The van der Waals surface area contributed by atoms with Crippen LogP contribution in [0.3, 0.4) is 0 Å². The lowest BCUT2D eigenvalue weighted by Crippen LogP contribution is -2.50. The number of halogens is 1. The van der Waals surface area contributed by atoms with E-state index in [1.807, 2.05) is 42.5 Å². The molecule has 0 aliphatic carbocycles. The highest BCUT2D eigenvalue weighted by Gasteiger charge is 2.10. The molecule has 0 fully saturated rings. The Morgan fingerprint density at radius 3 is 2.55 bits per heavy atom. The lowest BCUT2D eigenvalue weighted by atomic mass is 10.1. The molecule has 0 atom stereocenters. The maximum atomic E-state index is 6.23. The molecular weight excluding hydrogens is 312 g/mol. The van der Waals surface area contributed by atoms with Crippen LogP contribution in [-0.4, -0.2) is 11.5 Å². The second-order valence-corrected chi connectivity index (χ2v) is 6.11. The van der Waals surface area contributed by atoms with Crippen molar-refractivity contribution < 1.29 is 5.73 Å². The van der Waals surface area contributed by atoms with Gasteiger partial charge in [-0.3, -0.25) is 0 Å². The maximum absolute atomic E-state index is 6.23. The molecule has 2 aromatic carbocycles. The zero-order valence-corrected chi connectivity index (χ0v) is 13.6. The van der Waals surface area contributed by atoms with Gasteiger partial charge in [-0.1, -0.05) is 60.1 Å². The molecule has 0 aliphatic rings. The highest BCUT2D eigenvalue weighted by Crippen LogP contribution is 2.28. The van der Waals surface area contributed by atoms with E-state index in [4.69, 9.17) is 16.6 Å². The Morgan fingerprint density at radius 2 is 1.82 bits per heavy atom. The van der Waals surface area contributed by atoms with Crippen molar-refractivity contribution in [3.63, 3.8) is 0 Å². The third-order valence-electron chi connectivity index (χ3n) is 3.35. The first kappa shape index (κ1) is 15.0. The van der Waals surface area contributed by atoms with E-state index in [-0.39, 0.29) is 0 Å². The summed E-state index contributed by atoms with van der Waals surface area (Å²) in [5.41, 5.74) is 8.25. The fraction of sp³-hybridized carbons (Fsp3) is 0.0556. The van der Waals surface area contributed by atoms with Gasteiger partial charge in [-0.15, -0.1) is 11.3 Å². The normalized spacial score (nSPS) is 11.6. The second kappa shape index (κ2) is 6.88. The number of rotatable bonds is 4. The van der Waals surface area contributed by atoms with E-state index in [0.717, 1.165) is 32.4 Å². The largest absolute Gasteiger partial charge is 0.354 e. The van der Waals surface area contributed by atoms with Crippen molar-refractivity contribution in [2.75, 3.05) is 6.54 Å². The van der Waals surface area contributed by atoms with Gasteiger partial charge in [0.2, 0.25) is 0 Å². The van der Waals surface area contributed by atoms with Crippen LogP contribution in [0.1, 0.15) is 10.6 Å². The molecule has 0 unspecified atom stereocenters. The van der Waals surface area contributed by atoms with Gasteiger partial charge in [0.05, 0.1) is 5.69 Å². The van der Waals surface area contributed by atoms with Gasteiger partial charge in [0.1, 0.15) is 11.6 Å². The van der Waals surface area contributed by atoms with Crippen molar-refractivity contribution in [2.45, 2.75) is 0 Å². The molecule has 4 heteroatoms. The summed E-state index contributed by atoms with van der Waals surface area (Å²) < 4.78 is 0. The number of hydrogen-bond donors (Lipinski definition) is 1. The zero-order chi connectivity index (χ0) is 15.4. The summed E-state index contributed by atoms with van der Waals surface area (Å²) in [5.74, 6) is 0. The van der Waals surface area contributed by atoms with Crippen LogP contribution in [0, 0.1) is 0 Å². The summed E-state index contributed by atoms with van der Waals surface area (Å²) in [6, 6.07) is 18.0. The molecule has 0 aliphatic heterocycles. The minimum absolute atomic E-state index is 0.674. The molecular formula is C18H16ClN2S+. The summed E-state index contributed by atoms with van der Waals surface area (Å²) in [5, 5.41) is 3.82. The summed E-state index contributed by atoms with van der Waals surface area (Å²) >= 11 is 7.87. The molecule has 3 N–H and O–H groups in total. The Balaban J connectivity index is 1.95. The Kier molecular flexibility index (Phi) is 4.68. The van der Waals surface area contributed by atoms with Gasteiger partial charge < -0.3 is 5.73 Å². The number of benzene rings is 2. The molecule has 22 heavy (non-hydrogen) atoms. The number of aromatic nitrogens is 1. The van der Waals surface area contributed by atoms with Gasteiger partial charge in [0, 0.05) is 21.5 Å². The first-order valence-electron chi connectivity index (χ1n) is 7.03. The third-order valence-corrected chi connectivity index (χ3v) is 4.61. The highest BCUT2D eigenvalue weighted by molar-refractivity contribution is 7.11. The standard InChI is InChI=1S/C18H15ClN2S/c19-16-9-5-4-8-14(16)10-15(11-20)18-21-17(12-22-18)13-6-2-1-3-7-13/h1-10,12H,11,20H2/p+1/b15-10+. The molecule has 1 aromatic heterocycles. The third kappa shape index (κ3) is 3.28. The fourth-order valence-electron chi connectivity index (χ4n) is 2.18. The van der Waals surface area contributed by atoms with E-state index in [1.54, 1.807) is 11.3 Å². The Hall–Kier alpha value is -1.94. The van der Waals surface area contributed by atoms with Gasteiger partial charge in [-0.25, -0.2) is 4.98 Å². The zero-order valence-electron chi connectivity index (χ0n) is 12.0. The molecule has 1 heterocycles. The fourth-order valence-corrected chi connectivity index (χ4v) is 3.25. The van der Waals surface area contributed by atoms with Crippen LogP contribution in [0.5, 0.6) is 0 Å². The topological polar surface area (TPSA) is 40.5 Å². The lowest BCUT2D eigenvalue weighted by Gasteiger charge is -2.01. The lowest BCUT2D eigenvalue weighted by molar-refractivity contribution is -0.349. The van der Waals surface area contributed by atoms with E-state index < -0.39 is 0 Å². The van der Waals surface area contributed by atoms with Crippen LogP contribution in [-0.2, 0) is 0 Å². The molecule has 0 spiro atoms. The molecule has 0 saturated carbocycles. The van der Waals surface area contributed by atoms with Gasteiger partial charge >= 0.3 is 0 Å². The van der Waals surface area contributed by atoms with Gasteiger partial charge in [0.25, 0.3) is 0 Å². The Labute approximate surface area is 138 Å². The SMILES string of the molecule is [NH3+]C/C(=C\c1ccccc1Cl)c1nc(-c2ccccc2)cs1. The molecule has 0 saturated heterocycles.